The van der Waals surface area contributed by atoms with Crippen molar-refractivity contribution in [3.63, 3.8) is 0 Å². The highest BCUT2D eigenvalue weighted by Gasteiger charge is 1.70. The number of hydrogen-bond acceptors (Lipinski definition) is 6. The van der Waals surface area contributed by atoms with Crippen molar-refractivity contribution in [1.82, 2.24) is 0 Å². The molecular weight excluding hydrogens is 256 g/mol. The zero-order chi connectivity index (χ0) is 15.9. The number of carboxylic acids is 1. The van der Waals surface area contributed by atoms with Gasteiger partial charge >= 0.3 is 0 Å². The lowest BCUT2D eigenvalue weighted by atomic mass is 10.5. The third kappa shape index (κ3) is 145. The highest BCUT2D eigenvalue weighted by atomic mass is 16.5. The van der Waals surface area contributed by atoms with Crippen molar-refractivity contribution in [2.75, 3.05) is 39.6 Å². The van der Waals surface area contributed by atoms with Crippen LogP contribution in [0.15, 0.2) is 0 Å². The van der Waals surface area contributed by atoms with Crippen LogP contribution in [-0.4, -0.2) is 71.1 Å². The predicted molar refractivity (Wildman–Crippen MR) is 73.1 cm³/mol. The number of aliphatic hydroxyl groups excluding tert-OH is 4. The van der Waals surface area contributed by atoms with Crippen LogP contribution in [0.25, 0.3) is 0 Å². The van der Waals surface area contributed by atoms with Gasteiger partial charge in [-0.1, -0.05) is 0 Å². The van der Waals surface area contributed by atoms with E-state index in [1.54, 1.807) is 0 Å². The largest absolute Gasteiger partial charge is 0.481 e. The fourth-order valence-electron chi connectivity index (χ4n) is 0.346. The van der Waals surface area contributed by atoms with Crippen LogP contribution in [0.1, 0.15) is 33.6 Å². The Kier molecular flexibility index (Phi) is 50.7. The lowest BCUT2D eigenvalue weighted by Gasteiger charge is -1.86. The maximum absolute atomic E-state index is 9.00. The van der Waals surface area contributed by atoms with Gasteiger partial charge in [0.2, 0.25) is 0 Å². The molecule has 0 aliphatic rings. The Hall–Kier alpha value is -0.730. The molecule has 0 fully saturated rings. The lowest BCUT2D eigenvalue weighted by molar-refractivity contribution is -0.134. The topological polar surface area (TPSA) is 127 Å². The van der Waals surface area contributed by atoms with Gasteiger partial charge in [-0.25, -0.2) is 0 Å². The van der Waals surface area contributed by atoms with E-state index >= 15 is 0 Å². The van der Waals surface area contributed by atoms with Crippen molar-refractivity contribution in [2.45, 2.75) is 33.6 Å². The van der Waals surface area contributed by atoms with E-state index in [2.05, 4.69) is 0 Å². The third-order valence-electron chi connectivity index (χ3n) is 1.04. The number of rotatable bonds is 6. The molecule has 0 aliphatic carbocycles. The van der Waals surface area contributed by atoms with Gasteiger partial charge in [0.1, 0.15) is 0 Å². The van der Waals surface area contributed by atoms with E-state index in [0.717, 1.165) is 20.1 Å². The zero-order valence-corrected chi connectivity index (χ0v) is 12.2. The van der Waals surface area contributed by atoms with Crippen molar-refractivity contribution in [1.29, 1.82) is 0 Å². The third-order valence-corrected chi connectivity index (χ3v) is 1.04. The number of carbonyl (C=O) groups is 1. The summed E-state index contributed by atoms with van der Waals surface area (Å²) in [4.78, 5) is 9.00. The summed E-state index contributed by atoms with van der Waals surface area (Å²) < 4.78 is 4.83. The van der Waals surface area contributed by atoms with Crippen LogP contribution < -0.4 is 0 Å². The van der Waals surface area contributed by atoms with Gasteiger partial charge in [-0.05, 0) is 26.7 Å². The Balaban J connectivity index is -0.0000000793. The van der Waals surface area contributed by atoms with Gasteiger partial charge in [0.15, 0.2) is 0 Å². The average Bonchev–Trinajstić information content (AvgIpc) is 2.33. The molecule has 7 heteroatoms. The molecule has 0 aromatic carbocycles. The number of carboxylic acid groups (broad SMARTS) is 1. The minimum Gasteiger partial charge on any atom is -0.481 e. The Labute approximate surface area is 115 Å². The number of hydrogen-bond donors (Lipinski definition) is 5. The summed E-state index contributed by atoms with van der Waals surface area (Å²) in [6.45, 7) is 7.12. The molecule has 0 unspecified atom stereocenters. The van der Waals surface area contributed by atoms with Crippen molar-refractivity contribution in [3.8, 4) is 0 Å². The quantitative estimate of drug-likeness (QED) is 0.459. The number of aliphatic hydroxyl groups is 4. The van der Waals surface area contributed by atoms with Crippen molar-refractivity contribution in [2.24, 2.45) is 0 Å². The fourth-order valence-corrected chi connectivity index (χ4v) is 0.346. The second kappa shape index (κ2) is 36.0. The summed E-state index contributed by atoms with van der Waals surface area (Å²) in [5.41, 5.74) is 0. The Morgan fingerprint density at radius 1 is 0.842 bits per heavy atom. The van der Waals surface area contributed by atoms with Crippen LogP contribution >= 0.6 is 0 Å². The molecule has 0 bridgehead atoms. The van der Waals surface area contributed by atoms with Gasteiger partial charge < -0.3 is 30.3 Å². The second-order valence-corrected chi connectivity index (χ2v) is 2.90. The van der Waals surface area contributed by atoms with Crippen LogP contribution in [-0.2, 0) is 9.53 Å². The van der Waals surface area contributed by atoms with Crippen LogP contribution in [0.5, 0.6) is 0 Å². The standard InChI is InChI=1S/C4H10O.2C3H8O2.C2H4O2/c1-3-5-4-2;2*4-2-1-3-5;1-2(3)4/h3-4H2,1-2H3;2*4-5H,1-3H2;1H3,(H,3,4). The van der Waals surface area contributed by atoms with Crippen LogP contribution in [0, 0.1) is 0 Å². The van der Waals surface area contributed by atoms with Crippen molar-refractivity contribution >= 4 is 5.97 Å². The van der Waals surface area contributed by atoms with Gasteiger partial charge in [0.05, 0.1) is 0 Å². The van der Waals surface area contributed by atoms with Crippen molar-refractivity contribution in [3.05, 3.63) is 0 Å². The van der Waals surface area contributed by atoms with Gasteiger partial charge in [0, 0.05) is 46.6 Å². The van der Waals surface area contributed by atoms with Crippen LogP contribution in [0.3, 0.4) is 0 Å². The van der Waals surface area contributed by atoms with Gasteiger partial charge in [-0.3, -0.25) is 4.79 Å². The minimum absolute atomic E-state index is 0.0938. The molecular formula is C12H30O7. The van der Waals surface area contributed by atoms with Crippen LogP contribution in [0.2, 0.25) is 0 Å². The van der Waals surface area contributed by atoms with Gasteiger partial charge in [0.25, 0.3) is 5.97 Å². The monoisotopic (exact) mass is 286 g/mol. The van der Waals surface area contributed by atoms with Crippen molar-refractivity contribution < 1.29 is 35.1 Å². The molecule has 7 nitrogen and oxygen atoms in total. The summed E-state index contributed by atoms with van der Waals surface area (Å²) in [6, 6.07) is 0. The molecule has 120 valence electrons. The molecule has 0 radical (unpaired) electrons. The van der Waals surface area contributed by atoms with E-state index in [1.807, 2.05) is 13.8 Å². The fraction of sp³-hybridized carbons (Fsp3) is 0.917. The Morgan fingerprint density at radius 2 is 1.05 bits per heavy atom. The summed E-state index contributed by atoms with van der Waals surface area (Å²) in [5.74, 6) is -0.833. The molecule has 0 atom stereocenters. The van der Waals surface area contributed by atoms with Crippen LogP contribution in [0.4, 0.5) is 0 Å². The minimum atomic E-state index is -0.833. The lowest BCUT2D eigenvalue weighted by Crippen LogP contribution is -1.85. The summed E-state index contributed by atoms with van der Waals surface area (Å²) in [5, 5.41) is 39.0. The highest BCUT2D eigenvalue weighted by Crippen LogP contribution is 1.65. The molecule has 0 heterocycles. The molecule has 0 saturated carbocycles. The molecule has 0 aromatic heterocycles. The molecule has 19 heavy (non-hydrogen) atoms. The highest BCUT2D eigenvalue weighted by molar-refractivity contribution is 5.62. The summed E-state index contributed by atoms with van der Waals surface area (Å²) in [7, 11) is 0. The van der Waals surface area contributed by atoms with E-state index in [0.29, 0.717) is 12.8 Å². The number of ether oxygens (including phenoxy) is 1. The maximum atomic E-state index is 9.00. The predicted octanol–water partition coefficient (Wildman–Crippen LogP) is -0.144. The smallest absolute Gasteiger partial charge is 0.300 e. The molecule has 0 rings (SSSR count). The van der Waals surface area contributed by atoms with E-state index in [-0.39, 0.29) is 26.4 Å². The normalized spacial score (nSPS) is 7.95. The molecule has 0 spiro atoms. The first kappa shape index (κ1) is 26.8. The van der Waals surface area contributed by atoms with E-state index in [1.165, 1.54) is 0 Å². The van der Waals surface area contributed by atoms with Gasteiger partial charge in [-0.15, -0.1) is 0 Å². The van der Waals surface area contributed by atoms with E-state index < -0.39 is 5.97 Å². The molecule has 0 amide bonds. The average molecular weight is 286 g/mol. The number of aliphatic carboxylic acids is 1. The zero-order valence-electron chi connectivity index (χ0n) is 12.2. The molecule has 5 N–H and O–H groups in total. The van der Waals surface area contributed by atoms with Gasteiger partial charge in [-0.2, -0.15) is 0 Å². The summed E-state index contributed by atoms with van der Waals surface area (Å²) in [6.07, 6.45) is 1.00. The van der Waals surface area contributed by atoms with E-state index in [9.17, 15) is 0 Å². The maximum Gasteiger partial charge on any atom is 0.300 e. The second-order valence-electron chi connectivity index (χ2n) is 2.90. The first-order valence-corrected chi connectivity index (χ1v) is 6.18. The Morgan fingerprint density at radius 3 is 1.05 bits per heavy atom. The first-order chi connectivity index (χ1) is 8.97. The molecule has 0 aliphatic heterocycles. The molecule has 0 aromatic rings. The Bertz CT molecular complexity index is 107. The van der Waals surface area contributed by atoms with E-state index in [4.69, 9.17) is 35.1 Å². The first-order valence-electron chi connectivity index (χ1n) is 6.18. The molecule has 0 saturated heterocycles. The summed E-state index contributed by atoms with van der Waals surface area (Å²) >= 11 is 0. The SMILES string of the molecule is CC(=O)O.CCOCC.OCCCO.OCCCO.